The van der Waals surface area contributed by atoms with E-state index in [2.05, 4.69) is 4.90 Å². The molecule has 0 N–H and O–H groups in total. The first kappa shape index (κ1) is 26.9. The van der Waals surface area contributed by atoms with Crippen LogP contribution in [-0.4, -0.2) is 81.5 Å². The molecule has 1 amide bonds. The van der Waals surface area contributed by atoms with Crippen LogP contribution in [0.5, 0.6) is 5.75 Å². The lowest BCUT2D eigenvalue weighted by Gasteiger charge is -2.31. The summed E-state index contributed by atoms with van der Waals surface area (Å²) in [6, 6.07) is 19.4. The van der Waals surface area contributed by atoms with Crippen LogP contribution < -0.4 is 4.74 Å². The Morgan fingerprint density at radius 2 is 1.70 bits per heavy atom. The number of amides is 1. The molecule has 1 saturated heterocycles. The number of carbonyl (C=O) groups is 1. The average molecular weight is 528 g/mol. The fraction of sp³-hybridized carbons (Fsp3) is 0.370. The smallest absolute Gasteiger partial charge is 0.243 e. The van der Waals surface area contributed by atoms with Crippen LogP contribution in [0.4, 0.5) is 0 Å². The fourth-order valence-corrected chi connectivity index (χ4v) is 5.52. The first-order valence-electron chi connectivity index (χ1n) is 12.2. The molecule has 0 saturated carbocycles. The van der Waals surface area contributed by atoms with E-state index in [1.54, 1.807) is 35.4 Å². The Balaban J connectivity index is 1.56. The van der Waals surface area contributed by atoms with E-state index in [0.717, 1.165) is 18.7 Å². The number of methoxy groups -OCH3 is 1. The highest BCUT2D eigenvalue weighted by Gasteiger charge is 2.29. The number of hydrogen-bond acceptors (Lipinski definition) is 7. The lowest BCUT2D eigenvalue weighted by atomic mass is 10.2. The van der Waals surface area contributed by atoms with E-state index in [1.807, 2.05) is 30.3 Å². The van der Waals surface area contributed by atoms with Crippen molar-refractivity contribution in [1.82, 2.24) is 14.1 Å². The molecule has 9 nitrogen and oxygen atoms in total. The molecule has 0 spiro atoms. The quantitative estimate of drug-likeness (QED) is 0.358. The second-order valence-corrected chi connectivity index (χ2v) is 10.7. The second-order valence-electron chi connectivity index (χ2n) is 8.78. The van der Waals surface area contributed by atoms with Gasteiger partial charge in [-0.25, -0.2) is 8.42 Å². The molecule has 0 aliphatic carbocycles. The van der Waals surface area contributed by atoms with Crippen LogP contribution in [0.2, 0.25) is 0 Å². The number of carbonyl (C=O) groups excluding carboxylic acids is 1. The number of rotatable bonds is 12. The van der Waals surface area contributed by atoms with Gasteiger partial charge in [-0.05, 0) is 42.0 Å². The molecule has 4 rings (SSSR count). The maximum absolute atomic E-state index is 13.7. The standard InChI is InChI=1S/C27H33N3O6S/c1-34-24-9-11-26(12-10-24)37(32,33)30(14-13-28-15-18-35-19-16-28)22-27(31)29(21-25-8-5-17-36-25)20-23-6-3-2-4-7-23/h2-12,17H,13-16,18-22H2,1H3. The van der Waals surface area contributed by atoms with Gasteiger partial charge in [-0.15, -0.1) is 0 Å². The van der Waals surface area contributed by atoms with Crippen LogP contribution in [-0.2, 0) is 32.6 Å². The topological polar surface area (TPSA) is 92.5 Å². The van der Waals surface area contributed by atoms with Crippen molar-refractivity contribution >= 4 is 15.9 Å². The number of sulfonamides is 1. The van der Waals surface area contributed by atoms with Gasteiger partial charge in [0.2, 0.25) is 15.9 Å². The molecule has 1 aromatic heterocycles. The summed E-state index contributed by atoms with van der Waals surface area (Å²) in [5, 5.41) is 0. The molecular formula is C27H33N3O6S. The Labute approximate surface area is 218 Å². The molecule has 1 aliphatic heterocycles. The summed E-state index contributed by atoms with van der Waals surface area (Å²) in [6.07, 6.45) is 1.56. The summed E-state index contributed by atoms with van der Waals surface area (Å²) in [4.78, 5) is 17.5. The number of benzene rings is 2. The molecule has 2 aromatic carbocycles. The van der Waals surface area contributed by atoms with E-state index in [-0.39, 0.29) is 30.4 Å². The first-order valence-corrected chi connectivity index (χ1v) is 13.7. The van der Waals surface area contributed by atoms with Crippen molar-refractivity contribution in [2.45, 2.75) is 18.0 Å². The van der Waals surface area contributed by atoms with Gasteiger partial charge in [0.05, 0.1) is 44.6 Å². The Bertz CT molecular complexity index is 1210. The summed E-state index contributed by atoms with van der Waals surface area (Å²) in [7, 11) is -2.42. The normalized spacial score (nSPS) is 14.5. The lowest BCUT2D eigenvalue weighted by Crippen LogP contribution is -2.47. The van der Waals surface area contributed by atoms with Crippen LogP contribution in [0.3, 0.4) is 0 Å². The molecule has 0 atom stereocenters. The lowest BCUT2D eigenvalue weighted by molar-refractivity contribution is -0.133. The van der Waals surface area contributed by atoms with E-state index < -0.39 is 10.0 Å². The Kier molecular flexibility index (Phi) is 9.34. The maximum Gasteiger partial charge on any atom is 0.243 e. The molecule has 198 valence electrons. The number of ether oxygens (including phenoxy) is 2. The summed E-state index contributed by atoms with van der Waals surface area (Å²) >= 11 is 0. The average Bonchev–Trinajstić information content (AvgIpc) is 3.45. The summed E-state index contributed by atoms with van der Waals surface area (Å²) in [6.45, 7) is 3.64. The highest BCUT2D eigenvalue weighted by atomic mass is 32.2. The third-order valence-electron chi connectivity index (χ3n) is 6.27. The Hall–Kier alpha value is -3.18. The first-order chi connectivity index (χ1) is 18.0. The highest BCUT2D eigenvalue weighted by Crippen LogP contribution is 2.21. The van der Waals surface area contributed by atoms with E-state index in [9.17, 15) is 13.2 Å². The monoisotopic (exact) mass is 527 g/mol. The number of morpholine rings is 1. The summed E-state index contributed by atoms with van der Waals surface area (Å²) < 4.78 is 44.7. The van der Waals surface area contributed by atoms with Crippen molar-refractivity contribution in [1.29, 1.82) is 0 Å². The van der Waals surface area contributed by atoms with Crippen molar-refractivity contribution in [3.8, 4) is 5.75 Å². The third kappa shape index (κ3) is 7.42. The van der Waals surface area contributed by atoms with Gasteiger partial charge in [0.15, 0.2) is 0 Å². The van der Waals surface area contributed by atoms with Crippen LogP contribution >= 0.6 is 0 Å². The molecule has 1 aliphatic rings. The Morgan fingerprint density at radius 3 is 2.35 bits per heavy atom. The van der Waals surface area contributed by atoms with Gasteiger partial charge in [-0.2, -0.15) is 4.31 Å². The number of hydrogen-bond donors (Lipinski definition) is 0. The number of furan rings is 1. The van der Waals surface area contributed by atoms with E-state index >= 15 is 0 Å². The van der Waals surface area contributed by atoms with Gasteiger partial charge >= 0.3 is 0 Å². The van der Waals surface area contributed by atoms with Gasteiger partial charge in [0.25, 0.3) is 0 Å². The molecule has 2 heterocycles. The van der Waals surface area contributed by atoms with E-state index in [1.165, 1.54) is 23.5 Å². The fourth-order valence-electron chi connectivity index (χ4n) is 4.14. The highest BCUT2D eigenvalue weighted by molar-refractivity contribution is 7.89. The molecule has 0 radical (unpaired) electrons. The van der Waals surface area contributed by atoms with Gasteiger partial charge in [-0.3, -0.25) is 9.69 Å². The molecular weight excluding hydrogens is 494 g/mol. The van der Waals surface area contributed by atoms with Crippen LogP contribution in [0.1, 0.15) is 11.3 Å². The zero-order valence-electron chi connectivity index (χ0n) is 21.0. The van der Waals surface area contributed by atoms with E-state index in [4.69, 9.17) is 13.9 Å². The SMILES string of the molecule is COc1ccc(S(=O)(=O)N(CCN2CCOCC2)CC(=O)N(Cc2ccccc2)Cc2ccco2)cc1. The van der Waals surface area contributed by atoms with E-state index in [0.29, 0.717) is 37.8 Å². The van der Waals surface area contributed by atoms with Crippen LogP contribution in [0.25, 0.3) is 0 Å². The zero-order valence-corrected chi connectivity index (χ0v) is 21.8. The minimum Gasteiger partial charge on any atom is -0.497 e. The van der Waals surface area contributed by atoms with Gasteiger partial charge in [-0.1, -0.05) is 30.3 Å². The van der Waals surface area contributed by atoms with Crippen molar-refractivity contribution in [3.63, 3.8) is 0 Å². The van der Waals surface area contributed by atoms with Crippen molar-refractivity contribution < 1.29 is 27.1 Å². The van der Waals surface area contributed by atoms with Crippen LogP contribution in [0.15, 0.2) is 82.3 Å². The zero-order chi connectivity index (χ0) is 26.1. The van der Waals surface area contributed by atoms with Crippen LogP contribution in [0, 0.1) is 0 Å². The van der Waals surface area contributed by atoms with Gasteiger partial charge in [0.1, 0.15) is 11.5 Å². The Morgan fingerprint density at radius 1 is 0.973 bits per heavy atom. The second kappa shape index (κ2) is 12.9. The summed E-state index contributed by atoms with van der Waals surface area (Å²) in [5.74, 6) is 0.879. The minimum atomic E-state index is -3.94. The van der Waals surface area contributed by atoms with Crippen molar-refractivity contribution in [3.05, 3.63) is 84.3 Å². The maximum atomic E-state index is 13.7. The van der Waals surface area contributed by atoms with Gasteiger partial charge in [0, 0.05) is 32.7 Å². The predicted octanol–water partition coefficient (Wildman–Crippen LogP) is 2.84. The summed E-state index contributed by atoms with van der Waals surface area (Å²) in [5.41, 5.74) is 0.945. The minimum absolute atomic E-state index is 0.115. The predicted molar refractivity (Wildman–Crippen MR) is 138 cm³/mol. The molecule has 37 heavy (non-hydrogen) atoms. The van der Waals surface area contributed by atoms with Crippen molar-refractivity contribution in [2.75, 3.05) is 53.0 Å². The molecule has 0 unspecified atom stereocenters. The largest absolute Gasteiger partial charge is 0.497 e. The third-order valence-corrected chi connectivity index (χ3v) is 8.13. The molecule has 10 heteroatoms. The number of nitrogens with zero attached hydrogens (tertiary/aromatic N) is 3. The molecule has 0 bridgehead atoms. The van der Waals surface area contributed by atoms with Crippen molar-refractivity contribution in [2.24, 2.45) is 0 Å². The van der Waals surface area contributed by atoms with Gasteiger partial charge < -0.3 is 18.8 Å². The molecule has 1 fully saturated rings. The molecule has 3 aromatic rings.